The van der Waals surface area contributed by atoms with E-state index in [-0.39, 0.29) is 11.8 Å². The maximum absolute atomic E-state index is 11.8. The van der Waals surface area contributed by atoms with Crippen LogP contribution >= 0.6 is 27.3 Å². The SMILES string of the molecule is Cn1cc(Br)cc1C(=O)NNC(=O)c1ccsc1. The van der Waals surface area contributed by atoms with Crippen molar-refractivity contribution in [2.24, 2.45) is 7.05 Å². The molecular formula is C11H10BrN3O2S. The number of carbonyl (C=O) groups is 2. The summed E-state index contributed by atoms with van der Waals surface area (Å²) in [5, 5.41) is 3.51. The van der Waals surface area contributed by atoms with Crippen molar-refractivity contribution in [3.05, 3.63) is 44.8 Å². The maximum atomic E-state index is 11.8. The Hall–Kier alpha value is -1.60. The number of nitrogens with one attached hydrogen (secondary N) is 2. The predicted octanol–water partition coefficient (Wildman–Crippen LogP) is 1.92. The zero-order valence-electron chi connectivity index (χ0n) is 9.44. The molecule has 2 heterocycles. The molecule has 0 atom stereocenters. The van der Waals surface area contributed by atoms with E-state index in [0.29, 0.717) is 11.3 Å². The summed E-state index contributed by atoms with van der Waals surface area (Å²) in [4.78, 5) is 23.4. The first-order chi connectivity index (χ1) is 8.58. The van der Waals surface area contributed by atoms with Crippen LogP contribution in [0, 0.1) is 0 Å². The number of aryl methyl sites for hydroxylation is 1. The monoisotopic (exact) mass is 327 g/mol. The zero-order chi connectivity index (χ0) is 13.1. The van der Waals surface area contributed by atoms with Gasteiger partial charge in [-0.2, -0.15) is 11.3 Å². The van der Waals surface area contributed by atoms with Gasteiger partial charge in [0.25, 0.3) is 11.8 Å². The molecule has 0 aliphatic carbocycles. The van der Waals surface area contributed by atoms with Crippen molar-refractivity contribution in [1.82, 2.24) is 15.4 Å². The lowest BCUT2D eigenvalue weighted by Crippen LogP contribution is -2.42. The molecular weight excluding hydrogens is 318 g/mol. The highest BCUT2D eigenvalue weighted by Crippen LogP contribution is 2.13. The number of carbonyl (C=O) groups excluding carboxylic acids is 2. The van der Waals surface area contributed by atoms with Gasteiger partial charge in [-0.25, -0.2) is 0 Å². The molecule has 2 aromatic rings. The highest BCUT2D eigenvalue weighted by molar-refractivity contribution is 9.10. The second kappa shape index (κ2) is 5.36. The van der Waals surface area contributed by atoms with Gasteiger partial charge in [0.05, 0.1) is 5.56 Å². The van der Waals surface area contributed by atoms with Crippen LogP contribution in [-0.4, -0.2) is 16.4 Å². The smallest absolute Gasteiger partial charge is 0.286 e. The van der Waals surface area contributed by atoms with E-state index >= 15 is 0 Å². The van der Waals surface area contributed by atoms with Crippen LogP contribution in [0.2, 0.25) is 0 Å². The van der Waals surface area contributed by atoms with E-state index in [2.05, 4.69) is 26.8 Å². The van der Waals surface area contributed by atoms with Gasteiger partial charge in [0, 0.05) is 23.1 Å². The Kier molecular flexibility index (Phi) is 3.83. The summed E-state index contributed by atoms with van der Waals surface area (Å²) in [7, 11) is 1.75. The summed E-state index contributed by atoms with van der Waals surface area (Å²) < 4.78 is 2.47. The summed E-state index contributed by atoms with van der Waals surface area (Å²) in [6.07, 6.45) is 1.76. The number of hydrogen-bond donors (Lipinski definition) is 2. The third-order valence-corrected chi connectivity index (χ3v) is 3.39. The Bertz CT molecular complexity index is 577. The van der Waals surface area contributed by atoms with E-state index in [4.69, 9.17) is 0 Å². The lowest BCUT2D eigenvalue weighted by Gasteiger charge is -2.06. The third-order valence-electron chi connectivity index (χ3n) is 2.28. The van der Waals surface area contributed by atoms with E-state index in [1.807, 2.05) is 0 Å². The molecule has 2 aromatic heterocycles. The largest absolute Gasteiger partial charge is 0.345 e. The molecule has 0 aromatic carbocycles. The number of halogens is 1. The molecule has 0 radical (unpaired) electrons. The molecule has 0 spiro atoms. The van der Waals surface area contributed by atoms with Crippen molar-refractivity contribution in [3.8, 4) is 0 Å². The van der Waals surface area contributed by atoms with Gasteiger partial charge in [0.2, 0.25) is 0 Å². The van der Waals surface area contributed by atoms with Gasteiger partial charge in [-0.3, -0.25) is 20.4 Å². The number of amides is 2. The van der Waals surface area contributed by atoms with Crippen molar-refractivity contribution in [3.63, 3.8) is 0 Å². The van der Waals surface area contributed by atoms with Crippen molar-refractivity contribution in [2.75, 3.05) is 0 Å². The molecule has 2 N–H and O–H groups in total. The predicted molar refractivity (Wildman–Crippen MR) is 72.4 cm³/mol. The van der Waals surface area contributed by atoms with Gasteiger partial charge in [0.1, 0.15) is 5.69 Å². The van der Waals surface area contributed by atoms with Crippen molar-refractivity contribution in [2.45, 2.75) is 0 Å². The fourth-order valence-electron chi connectivity index (χ4n) is 1.39. The lowest BCUT2D eigenvalue weighted by molar-refractivity contribution is 0.0842. The number of thiophene rings is 1. The quantitative estimate of drug-likeness (QED) is 0.828. The van der Waals surface area contributed by atoms with Crippen molar-refractivity contribution in [1.29, 1.82) is 0 Å². The maximum Gasteiger partial charge on any atom is 0.286 e. The van der Waals surface area contributed by atoms with Crippen LogP contribution in [0.3, 0.4) is 0 Å². The fourth-order valence-corrected chi connectivity index (χ4v) is 2.55. The van der Waals surface area contributed by atoms with E-state index in [1.54, 1.807) is 40.7 Å². The van der Waals surface area contributed by atoms with Gasteiger partial charge in [-0.05, 0) is 33.4 Å². The second-order valence-corrected chi connectivity index (χ2v) is 5.27. The van der Waals surface area contributed by atoms with E-state index in [0.717, 1.165) is 4.47 Å². The number of rotatable bonds is 2. The first-order valence-electron chi connectivity index (χ1n) is 5.02. The summed E-state index contributed by atoms with van der Waals surface area (Å²) in [6, 6.07) is 3.36. The molecule has 2 amide bonds. The first kappa shape index (κ1) is 12.8. The van der Waals surface area contributed by atoms with Crippen molar-refractivity contribution < 1.29 is 9.59 Å². The minimum absolute atomic E-state index is 0.335. The summed E-state index contributed by atoms with van der Waals surface area (Å²) >= 11 is 4.70. The van der Waals surface area contributed by atoms with Crippen LogP contribution in [0.15, 0.2) is 33.6 Å². The molecule has 2 rings (SSSR count). The van der Waals surface area contributed by atoms with Gasteiger partial charge >= 0.3 is 0 Å². The number of aromatic nitrogens is 1. The fraction of sp³-hybridized carbons (Fsp3) is 0.0909. The van der Waals surface area contributed by atoms with Gasteiger partial charge < -0.3 is 4.57 Å². The average Bonchev–Trinajstić information content (AvgIpc) is 2.95. The van der Waals surface area contributed by atoms with Gasteiger partial charge in [0.15, 0.2) is 0 Å². The first-order valence-corrected chi connectivity index (χ1v) is 6.76. The number of hydrazine groups is 1. The molecule has 0 unspecified atom stereocenters. The van der Waals surface area contributed by atoms with Crippen LogP contribution in [0.25, 0.3) is 0 Å². The minimum Gasteiger partial charge on any atom is -0.345 e. The van der Waals surface area contributed by atoms with Gasteiger partial charge in [-0.15, -0.1) is 0 Å². The van der Waals surface area contributed by atoms with E-state index < -0.39 is 0 Å². The Morgan fingerprint density at radius 3 is 2.61 bits per heavy atom. The molecule has 7 heteroatoms. The van der Waals surface area contributed by atoms with Gasteiger partial charge in [-0.1, -0.05) is 0 Å². The van der Waals surface area contributed by atoms with Crippen LogP contribution in [0.4, 0.5) is 0 Å². The molecule has 0 bridgehead atoms. The van der Waals surface area contributed by atoms with E-state index in [9.17, 15) is 9.59 Å². The molecule has 5 nitrogen and oxygen atoms in total. The number of hydrogen-bond acceptors (Lipinski definition) is 3. The Morgan fingerprint density at radius 2 is 2.06 bits per heavy atom. The van der Waals surface area contributed by atoms with Crippen LogP contribution < -0.4 is 10.9 Å². The molecule has 94 valence electrons. The molecule has 0 fully saturated rings. The highest BCUT2D eigenvalue weighted by Gasteiger charge is 2.12. The lowest BCUT2D eigenvalue weighted by atomic mass is 10.3. The Morgan fingerprint density at radius 1 is 1.33 bits per heavy atom. The topological polar surface area (TPSA) is 63.1 Å². The molecule has 0 saturated carbocycles. The molecule has 0 aliphatic rings. The van der Waals surface area contributed by atoms with E-state index in [1.165, 1.54) is 11.3 Å². The standard InChI is InChI=1S/C11H10BrN3O2S/c1-15-5-8(12)4-9(15)11(17)14-13-10(16)7-2-3-18-6-7/h2-6H,1H3,(H,13,16)(H,14,17). The Labute approximate surface area is 116 Å². The molecule has 18 heavy (non-hydrogen) atoms. The van der Waals surface area contributed by atoms with Crippen LogP contribution in [0.1, 0.15) is 20.8 Å². The van der Waals surface area contributed by atoms with Crippen molar-refractivity contribution >= 4 is 39.1 Å². The summed E-state index contributed by atoms with van der Waals surface area (Å²) in [5.41, 5.74) is 5.70. The Balaban J connectivity index is 1.97. The third kappa shape index (κ3) is 2.80. The second-order valence-electron chi connectivity index (χ2n) is 3.57. The molecule has 0 aliphatic heterocycles. The average molecular weight is 328 g/mol. The van der Waals surface area contributed by atoms with Crippen LogP contribution in [0.5, 0.6) is 0 Å². The normalized spacial score (nSPS) is 10.1. The summed E-state index contributed by atoms with van der Waals surface area (Å²) in [6.45, 7) is 0. The minimum atomic E-state index is -0.369. The van der Waals surface area contributed by atoms with Crippen LogP contribution in [-0.2, 0) is 7.05 Å². The molecule has 0 saturated heterocycles. The highest BCUT2D eigenvalue weighted by atomic mass is 79.9. The number of nitrogens with zero attached hydrogens (tertiary/aromatic N) is 1. The zero-order valence-corrected chi connectivity index (χ0v) is 11.8. The summed E-state index contributed by atoms with van der Waals surface area (Å²) in [5.74, 6) is -0.704.